The van der Waals surface area contributed by atoms with Crippen LogP contribution in [0.4, 0.5) is 15.8 Å². The first-order valence-electron chi connectivity index (χ1n) is 15.0. The highest BCUT2D eigenvalue weighted by Crippen LogP contribution is 2.65. The number of methoxy groups -OCH3 is 2. The molecule has 0 aromatic heterocycles. The lowest BCUT2D eigenvalue weighted by atomic mass is 9.51. The number of phenols is 1. The predicted octanol–water partition coefficient (Wildman–Crippen LogP) is 6.40. The highest BCUT2D eigenvalue weighted by Gasteiger charge is 2.68. The Morgan fingerprint density at radius 2 is 1.62 bits per heavy atom. The van der Waals surface area contributed by atoms with Crippen LogP contribution in [-0.4, -0.2) is 43.0 Å². The van der Waals surface area contributed by atoms with Crippen molar-refractivity contribution in [3.63, 3.8) is 0 Å². The second-order valence-corrected chi connectivity index (χ2v) is 13.8. The van der Waals surface area contributed by atoms with Gasteiger partial charge in [0.25, 0.3) is 0 Å². The van der Waals surface area contributed by atoms with E-state index in [9.17, 15) is 28.7 Å². The summed E-state index contributed by atoms with van der Waals surface area (Å²) in [6.45, 7) is 1.68. The third-order valence-electron chi connectivity index (χ3n) is 10.4. The average Bonchev–Trinajstić information content (AvgIpc) is 3.42. The quantitative estimate of drug-likeness (QED) is 0.240. The molecule has 0 radical (unpaired) electrons. The molecular weight excluding hydrogens is 695 g/mol. The molecule has 7 rings (SSSR count). The van der Waals surface area contributed by atoms with Crippen molar-refractivity contribution in [2.75, 3.05) is 24.0 Å². The van der Waals surface area contributed by atoms with Crippen LogP contribution in [-0.2, 0) is 19.2 Å². The molecule has 2 aliphatic carbocycles. The van der Waals surface area contributed by atoms with Crippen LogP contribution in [0.2, 0.25) is 5.02 Å². The van der Waals surface area contributed by atoms with Gasteiger partial charge in [0.1, 0.15) is 23.1 Å². The maximum Gasteiger partial charge on any atom is 0.241 e. The smallest absolute Gasteiger partial charge is 0.241 e. The maximum absolute atomic E-state index is 14.6. The van der Waals surface area contributed by atoms with Crippen LogP contribution >= 0.6 is 27.5 Å². The minimum Gasteiger partial charge on any atom is -0.507 e. The number of hydrogen-bond donors (Lipinski definition) is 1. The van der Waals surface area contributed by atoms with Gasteiger partial charge in [-0.05, 0) is 68.1 Å². The molecule has 47 heavy (non-hydrogen) atoms. The number of amides is 4. The number of hydrogen-bond acceptors (Lipinski definition) is 7. The molecule has 2 heterocycles. The lowest BCUT2D eigenvalue weighted by Gasteiger charge is -2.49. The van der Waals surface area contributed by atoms with Gasteiger partial charge in [0.15, 0.2) is 0 Å². The first kappa shape index (κ1) is 31.4. The van der Waals surface area contributed by atoms with Crippen molar-refractivity contribution < 1.29 is 38.1 Å². The Labute approximate surface area is 283 Å². The van der Waals surface area contributed by atoms with Crippen LogP contribution in [0.5, 0.6) is 17.2 Å². The van der Waals surface area contributed by atoms with E-state index in [1.54, 1.807) is 37.3 Å². The van der Waals surface area contributed by atoms with Gasteiger partial charge in [-0.25, -0.2) is 9.29 Å². The maximum atomic E-state index is 14.6. The molecule has 3 aromatic rings. The van der Waals surface area contributed by atoms with Gasteiger partial charge in [-0.1, -0.05) is 39.2 Å². The van der Waals surface area contributed by atoms with Gasteiger partial charge in [-0.2, -0.15) is 0 Å². The first-order chi connectivity index (χ1) is 22.4. The molecule has 2 saturated heterocycles. The summed E-state index contributed by atoms with van der Waals surface area (Å²) < 4.78 is 26.0. The van der Waals surface area contributed by atoms with E-state index in [1.165, 1.54) is 37.3 Å². The number of nitrogens with zero attached hydrogens (tertiary/aromatic N) is 2. The lowest BCUT2D eigenvalue weighted by Crippen LogP contribution is -2.49. The van der Waals surface area contributed by atoms with Crippen LogP contribution in [0.3, 0.4) is 0 Å². The zero-order valence-corrected chi connectivity index (χ0v) is 27.8. The Bertz CT molecular complexity index is 1920. The number of anilines is 2. The highest BCUT2D eigenvalue weighted by molar-refractivity contribution is 9.10. The summed E-state index contributed by atoms with van der Waals surface area (Å²) >= 11 is 9.47. The van der Waals surface area contributed by atoms with Crippen LogP contribution in [0, 0.1) is 34.9 Å². The van der Waals surface area contributed by atoms with Gasteiger partial charge < -0.3 is 14.6 Å². The number of benzene rings is 3. The van der Waals surface area contributed by atoms with E-state index in [4.69, 9.17) is 21.1 Å². The molecular formula is C35H29BrClFN2O7. The molecule has 6 atom stereocenters. The molecule has 2 aliphatic heterocycles. The Hall–Kier alpha value is -4.22. The molecule has 6 unspecified atom stereocenters. The number of phenolic OH excluding ortho intramolecular Hbond substituents is 1. The number of ether oxygens (including phenoxy) is 2. The van der Waals surface area contributed by atoms with E-state index in [2.05, 4.69) is 15.9 Å². The first-order valence-corrected chi connectivity index (χ1v) is 16.2. The fourth-order valence-corrected chi connectivity index (χ4v) is 8.64. The summed E-state index contributed by atoms with van der Waals surface area (Å²) in [5, 5.41) is 11.3. The summed E-state index contributed by atoms with van der Waals surface area (Å²) in [5.74, 6) is -6.20. The van der Waals surface area contributed by atoms with Gasteiger partial charge in [0.05, 0.1) is 53.8 Å². The van der Waals surface area contributed by atoms with Gasteiger partial charge >= 0.3 is 0 Å². The number of carbonyl (C=O) groups excluding carboxylic acids is 4. The summed E-state index contributed by atoms with van der Waals surface area (Å²) in [6, 6.07) is 13.5. The number of carbonyl (C=O) groups is 4. The number of fused-ring (bicyclic) bond motifs is 4. The van der Waals surface area contributed by atoms with Crippen LogP contribution in [0.25, 0.3) is 0 Å². The average molecular weight is 724 g/mol. The van der Waals surface area contributed by atoms with E-state index >= 15 is 0 Å². The fourth-order valence-electron chi connectivity index (χ4n) is 8.20. The summed E-state index contributed by atoms with van der Waals surface area (Å²) in [5.41, 5.74) is 0.00992. The molecule has 4 amide bonds. The van der Waals surface area contributed by atoms with E-state index in [0.717, 1.165) is 15.4 Å². The fraction of sp³-hybridized carbons (Fsp3) is 0.314. The molecule has 9 nitrogen and oxygen atoms in total. The van der Waals surface area contributed by atoms with Crippen LogP contribution in [0.1, 0.15) is 31.2 Å². The molecule has 242 valence electrons. The van der Waals surface area contributed by atoms with Gasteiger partial charge in [-0.15, -0.1) is 0 Å². The van der Waals surface area contributed by atoms with E-state index in [-0.39, 0.29) is 52.4 Å². The predicted molar refractivity (Wildman–Crippen MR) is 174 cm³/mol. The van der Waals surface area contributed by atoms with Crippen molar-refractivity contribution in [3.8, 4) is 17.2 Å². The van der Waals surface area contributed by atoms with Crippen LogP contribution in [0.15, 0.2) is 70.7 Å². The standard InChI is InChI=1S/C35H29BrClFN2O7/c1-35-23(32(43)40(34(35)45)18-8-11-25(38)24(37)12-18)15-22-20(30(35)29-26(41)13-19(46-2)14-27(29)47-3)9-10-21-28(22)33(44)39(31(21)42)17-6-4-16(36)5-7-17/h4-9,11-14,21-23,28,30,41H,10,15H2,1-3H3. The molecule has 4 aliphatic rings. The third-order valence-corrected chi connectivity index (χ3v) is 11.2. The number of halogens is 3. The zero-order valence-electron chi connectivity index (χ0n) is 25.5. The molecule has 12 heteroatoms. The SMILES string of the molecule is COc1cc(O)c(C2C3=CCC4C(=O)N(c5ccc(Br)cc5)C(=O)C4C3CC3C(=O)N(c4ccc(F)c(Cl)c4)C(=O)C32C)c(OC)c1. The Morgan fingerprint density at radius 3 is 2.28 bits per heavy atom. The molecule has 1 saturated carbocycles. The van der Waals surface area contributed by atoms with Gasteiger partial charge in [0.2, 0.25) is 23.6 Å². The minimum atomic E-state index is -1.47. The number of allylic oxidation sites excluding steroid dienone is 2. The normalized spacial score (nSPS) is 28.2. The molecule has 0 bridgehead atoms. The van der Waals surface area contributed by atoms with Crippen molar-refractivity contribution in [3.05, 3.63) is 87.1 Å². The van der Waals surface area contributed by atoms with Gasteiger partial charge in [-0.3, -0.25) is 24.1 Å². The van der Waals surface area contributed by atoms with Crippen molar-refractivity contribution in [2.45, 2.75) is 25.7 Å². The van der Waals surface area contributed by atoms with Crippen LogP contribution < -0.4 is 19.3 Å². The molecule has 0 spiro atoms. The third kappa shape index (κ3) is 4.46. The largest absolute Gasteiger partial charge is 0.507 e. The second kappa shape index (κ2) is 11.2. The second-order valence-electron chi connectivity index (χ2n) is 12.5. The van der Waals surface area contributed by atoms with Crippen molar-refractivity contribution >= 4 is 62.5 Å². The Kier molecular flexibility index (Phi) is 7.48. The van der Waals surface area contributed by atoms with E-state index in [1.807, 2.05) is 6.08 Å². The van der Waals surface area contributed by atoms with Crippen molar-refractivity contribution in [1.82, 2.24) is 0 Å². The minimum absolute atomic E-state index is 0.0996. The van der Waals surface area contributed by atoms with E-state index < -0.39 is 52.6 Å². The van der Waals surface area contributed by atoms with E-state index in [0.29, 0.717) is 17.0 Å². The topological polar surface area (TPSA) is 113 Å². The lowest BCUT2D eigenvalue weighted by molar-refractivity contribution is -0.131. The monoisotopic (exact) mass is 722 g/mol. The summed E-state index contributed by atoms with van der Waals surface area (Å²) in [6.07, 6.45) is 2.21. The highest BCUT2D eigenvalue weighted by atomic mass is 79.9. The summed E-state index contributed by atoms with van der Waals surface area (Å²) in [4.78, 5) is 59.3. The van der Waals surface area contributed by atoms with Crippen molar-refractivity contribution in [1.29, 1.82) is 0 Å². The molecule has 3 aromatic carbocycles. The number of aromatic hydroxyl groups is 1. The van der Waals surface area contributed by atoms with Gasteiger partial charge in [0, 0.05) is 28.1 Å². The molecule has 3 fully saturated rings. The van der Waals surface area contributed by atoms with Crippen molar-refractivity contribution in [2.24, 2.45) is 29.1 Å². The Balaban J connectivity index is 1.41. The molecule has 1 N–H and O–H groups in total. The zero-order chi connectivity index (χ0) is 33.5. The number of imide groups is 2. The number of rotatable bonds is 5. The Morgan fingerprint density at radius 1 is 0.915 bits per heavy atom. The summed E-state index contributed by atoms with van der Waals surface area (Å²) in [7, 11) is 2.86.